The van der Waals surface area contributed by atoms with Gasteiger partial charge in [-0.3, -0.25) is 9.59 Å². The molecule has 1 fully saturated rings. The molecule has 0 saturated heterocycles. The lowest BCUT2D eigenvalue weighted by Gasteiger charge is -2.36. The molecular formula is C13H17NO4. The van der Waals surface area contributed by atoms with Gasteiger partial charge in [0.1, 0.15) is 0 Å². The number of amides is 1. The van der Waals surface area contributed by atoms with E-state index in [-0.39, 0.29) is 18.1 Å². The summed E-state index contributed by atoms with van der Waals surface area (Å²) >= 11 is 0. The van der Waals surface area contributed by atoms with Crippen molar-refractivity contribution >= 4 is 11.9 Å². The molecule has 5 heteroatoms. The van der Waals surface area contributed by atoms with Crippen LogP contribution in [-0.2, 0) is 4.79 Å². The molecule has 1 saturated carbocycles. The van der Waals surface area contributed by atoms with Gasteiger partial charge in [0.15, 0.2) is 5.76 Å². The van der Waals surface area contributed by atoms with Crippen LogP contribution in [0.3, 0.4) is 0 Å². The predicted octanol–water partition coefficient (Wildman–Crippen LogP) is 2.19. The summed E-state index contributed by atoms with van der Waals surface area (Å²) in [6, 6.07) is 3.21. The molecule has 1 aromatic heterocycles. The molecule has 18 heavy (non-hydrogen) atoms. The lowest BCUT2D eigenvalue weighted by molar-refractivity contribution is -0.139. The van der Waals surface area contributed by atoms with Gasteiger partial charge in [0.2, 0.25) is 0 Å². The van der Waals surface area contributed by atoms with E-state index in [0.29, 0.717) is 12.8 Å². The Kier molecular flexibility index (Phi) is 3.69. The largest absolute Gasteiger partial charge is 0.481 e. The van der Waals surface area contributed by atoms with Crippen LogP contribution in [0.1, 0.15) is 49.1 Å². The van der Waals surface area contributed by atoms with Crippen LogP contribution in [-0.4, -0.2) is 22.5 Å². The molecule has 1 heterocycles. The van der Waals surface area contributed by atoms with Crippen molar-refractivity contribution in [1.82, 2.24) is 5.32 Å². The van der Waals surface area contributed by atoms with Crippen LogP contribution in [0.2, 0.25) is 0 Å². The van der Waals surface area contributed by atoms with Crippen LogP contribution in [0.5, 0.6) is 0 Å². The number of carbonyl (C=O) groups is 2. The van der Waals surface area contributed by atoms with Crippen LogP contribution in [0.4, 0.5) is 0 Å². The molecule has 2 N–H and O–H groups in total. The van der Waals surface area contributed by atoms with Crippen molar-refractivity contribution in [3.63, 3.8) is 0 Å². The Morgan fingerprint density at radius 1 is 1.33 bits per heavy atom. The van der Waals surface area contributed by atoms with Crippen molar-refractivity contribution in [2.45, 2.75) is 44.1 Å². The minimum Gasteiger partial charge on any atom is -0.481 e. The first kappa shape index (κ1) is 12.7. The van der Waals surface area contributed by atoms with Crippen LogP contribution < -0.4 is 5.32 Å². The van der Waals surface area contributed by atoms with Gasteiger partial charge in [0.25, 0.3) is 5.91 Å². The molecular weight excluding hydrogens is 234 g/mol. The van der Waals surface area contributed by atoms with Crippen molar-refractivity contribution < 1.29 is 19.1 Å². The zero-order valence-electron chi connectivity index (χ0n) is 10.1. The number of carbonyl (C=O) groups excluding carboxylic acids is 1. The third-order valence-electron chi connectivity index (χ3n) is 3.42. The molecule has 2 rings (SSSR count). The number of rotatable bonds is 4. The molecule has 0 unspecified atom stereocenters. The summed E-state index contributed by atoms with van der Waals surface area (Å²) in [6.07, 6.45) is 5.83. The monoisotopic (exact) mass is 251 g/mol. The van der Waals surface area contributed by atoms with E-state index >= 15 is 0 Å². The third kappa shape index (κ3) is 2.91. The maximum Gasteiger partial charge on any atom is 0.305 e. The summed E-state index contributed by atoms with van der Waals surface area (Å²) in [5, 5.41) is 11.9. The van der Waals surface area contributed by atoms with E-state index in [1.165, 1.54) is 6.26 Å². The average Bonchev–Trinajstić information content (AvgIpc) is 2.82. The number of carboxylic acid groups (broad SMARTS) is 1. The van der Waals surface area contributed by atoms with Crippen LogP contribution in [0, 0.1) is 0 Å². The third-order valence-corrected chi connectivity index (χ3v) is 3.42. The Morgan fingerprint density at radius 2 is 2.06 bits per heavy atom. The number of carboxylic acids is 1. The summed E-state index contributed by atoms with van der Waals surface area (Å²) in [7, 11) is 0. The standard InChI is InChI=1S/C13H17NO4/c15-11(16)9-13(6-2-1-3-7-13)14-12(17)10-5-4-8-18-10/h4-5,8H,1-3,6-7,9H2,(H,14,17)(H,15,16). The second-order valence-corrected chi connectivity index (χ2v) is 4.84. The molecule has 0 radical (unpaired) electrons. The van der Waals surface area contributed by atoms with Gasteiger partial charge in [0, 0.05) is 0 Å². The van der Waals surface area contributed by atoms with E-state index in [2.05, 4.69) is 5.32 Å². The first-order valence-corrected chi connectivity index (χ1v) is 6.19. The van der Waals surface area contributed by atoms with E-state index in [9.17, 15) is 9.59 Å². The molecule has 5 nitrogen and oxygen atoms in total. The van der Waals surface area contributed by atoms with Crippen molar-refractivity contribution in [1.29, 1.82) is 0 Å². The summed E-state index contributed by atoms with van der Waals surface area (Å²) in [4.78, 5) is 22.9. The van der Waals surface area contributed by atoms with Gasteiger partial charge in [-0.05, 0) is 25.0 Å². The van der Waals surface area contributed by atoms with Gasteiger partial charge in [-0.1, -0.05) is 19.3 Å². The molecule has 1 amide bonds. The maximum atomic E-state index is 12.0. The fourth-order valence-corrected chi connectivity index (χ4v) is 2.57. The Hall–Kier alpha value is -1.78. The summed E-state index contributed by atoms with van der Waals surface area (Å²) in [5.74, 6) is -0.981. The fourth-order valence-electron chi connectivity index (χ4n) is 2.57. The molecule has 1 aliphatic carbocycles. The van der Waals surface area contributed by atoms with E-state index < -0.39 is 11.5 Å². The molecule has 0 bridgehead atoms. The van der Waals surface area contributed by atoms with Gasteiger partial charge in [-0.2, -0.15) is 0 Å². The Balaban J connectivity index is 2.09. The Bertz CT molecular complexity index is 418. The minimum absolute atomic E-state index is 0.0283. The van der Waals surface area contributed by atoms with Gasteiger partial charge >= 0.3 is 5.97 Å². The highest BCUT2D eigenvalue weighted by molar-refractivity contribution is 5.92. The van der Waals surface area contributed by atoms with Gasteiger partial charge < -0.3 is 14.8 Å². The number of hydrogen-bond donors (Lipinski definition) is 2. The normalized spacial score (nSPS) is 18.2. The summed E-state index contributed by atoms with van der Waals surface area (Å²) in [5.41, 5.74) is -0.617. The Labute approximate surface area is 105 Å². The van der Waals surface area contributed by atoms with Crippen LogP contribution in [0.15, 0.2) is 22.8 Å². The topological polar surface area (TPSA) is 79.5 Å². The zero-order chi connectivity index (χ0) is 13.0. The number of hydrogen-bond acceptors (Lipinski definition) is 3. The minimum atomic E-state index is -0.878. The van der Waals surface area contributed by atoms with E-state index in [4.69, 9.17) is 9.52 Å². The zero-order valence-corrected chi connectivity index (χ0v) is 10.1. The summed E-state index contributed by atoms with van der Waals surface area (Å²) < 4.78 is 5.03. The maximum absolute atomic E-state index is 12.0. The highest BCUT2D eigenvalue weighted by atomic mass is 16.4. The van der Waals surface area contributed by atoms with Crippen molar-refractivity contribution in [3.8, 4) is 0 Å². The van der Waals surface area contributed by atoms with Gasteiger partial charge in [0.05, 0.1) is 18.2 Å². The second-order valence-electron chi connectivity index (χ2n) is 4.84. The molecule has 0 atom stereocenters. The van der Waals surface area contributed by atoms with Crippen LogP contribution >= 0.6 is 0 Å². The fraction of sp³-hybridized carbons (Fsp3) is 0.538. The highest BCUT2D eigenvalue weighted by Gasteiger charge is 2.36. The number of nitrogens with one attached hydrogen (secondary N) is 1. The van der Waals surface area contributed by atoms with Gasteiger partial charge in [-0.25, -0.2) is 0 Å². The molecule has 98 valence electrons. The molecule has 0 aromatic carbocycles. The van der Waals surface area contributed by atoms with E-state index in [0.717, 1.165) is 19.3 Å². The van der Waals surface area contributed by atoms with E-state index in [1.807, 2.05) is 0 Å². The smallest absolute Gasteiger partial charge is 0.305 e. The number of aliphatic carboxylic acids is 1. The van der Waals surface area contributed by atoms with Crippen molar-refractivity contribution in [2.24, 2.45) is 0 Å². The lowest BCUT2D eigenvalue weighted by atomic mass is 9.79. The lowest BCUT2D eigenvalue weighted by Crippen LogP contribution is -2.51. The van der Waals surface area contributed by atoms with Crippen molar-refractivity contribution in [2.75, 3.05) is 0 Å². The second kappa shape index (κ2) is 5.25. The number of furan rings is 1. The van der Waals surface area contributed by atoms with Gasteiger partial charge in [-0.15, -0.1) is 0 Å². The average molecular weight is 251 g/mol. The van der Waals surface area contributed by atoms with Crippen molar-refractivity contribution in [3.05, 3.63) is 24.2 Å². The Morgan fingerprint density at radius 3 is 2.61 bits per heavy atom. The SMILES string of the molecule is O=C(O)CC1(NC(=O)c2ccco2)CCCCC1. The first-order valence-electron chi connectivity index (χ1n) is 6.19. The highest BCUT2D eigenvalue weighted by Crippen LogP contribution is 2.31. The molecule has 0 spiro atoms. The first-order chi connectivity index (χ1) is 8.61. The quantitative estimate of drug-likeness (QED) is 0.859. The molecule has 1 aromatic rings. The summed E-state index contributed by atoms with van der Waals surface area (Å²) in [6.45, 7) is 0. The molecule has 0 aliphatic heterocycles. The van der Waals surface area contributed by atoms with E-state index in [1.54, 1.807) is 12.1 Å². The predicted molar refractivity (Wildman–Crippen MR) is 64.2 cm³/mol. The molecule has 1 aliphatic rings. The van der Waals surface area contributed by atoms with Crippen LogP contribution in [0.25, 0.3) is 0 Å².